The zero-order valence-electron chi connectivity index (χ0n) is 20.2. The van der Waals surface area contributed by atoms with Crippen LogP contribution in [0.3, 0.4) is 0 Å². The van der Waals surface area contributed by atoms with Gasteiger partial charge in [0.1, 0.15) is 5.69 Å². The normalized spacial score (nSPS) is 11.7. The van der Waals surface area contributed by atoms with Gasteiger partial charge in [-0.25, -0.2) is 0 Å². The summed E-state index contributed by atoms with van der Waals surface area (Å²) in [5.74, 6) is 0. The van der Waals surface area contributed by atoms with Crippen molar-refractivity contribution in [2.24, 2.45) is 0 Å². The lowest BCUT2D eigenvalue weighted by molar-refractivity contribution is 0.873. The van der Waals surface area contributed by atoms with Crippen molar-refractivity contribution >= 4 is 53.3 Å². The Kier molecular flexibility index (Phi) is 4.66. The van der Waals surface area contributed by atoms with E-state index in [9.17, 15) is 0 Å². The van der Waals surface area contributed by atoms with Gasteiger partial charge in [-0.15, -0.1) is 21.5 Å². The van der Waals surface area contributed by atoms with Crippen LogP contribution in [-0.4, -0.2) is 20.4 Å². The minimum absolute atomic E-state index is 0.838. The number of nitrogens with one attached hydrogen (secondary N) is 1. The number of rotatable bonds is 3. The summed E-state index contributed by atoms with van der Waals surface area (Å²) in [5, 5.41) is 17.9. The maximum atomic E-state index is 4.63. The molecule has 8 rings (SSSR count). The number of H-pyrrole nitrogens is 1. The van der Waals surface area contributed by atoms with Crippen LogP contribution < -0.4 is 0 Å². The van der Waals surface area contributed by atoms with Crippen LogP contribution in [0.15, 0.2) is 115 Å². The van der Waals surface area contributed by atoms with Crippen LogP contribution in [0.2, 0.25) is 0 Å². The molecule has 5 heteroatoms. The van der Waals surface area contributed by atoms with Gasteiger partial charge in [-0.3, -0.25) is 0 Å². The van der Waals surface area contributed by atoms with Gasteiger partial charge in [0.15, 0.2) is 0 Å². The number of aromatic nitrogens is 4. The Morgan fingerprint density at radius 1 is 0.526 bits per heavy atom. The van der Waals surface area contributed by atoms with Gasteiger partial charge in [0.25, 0.3) is 0 Å². The summed E-state index contributed by atoms with van der Waals surface area (Å²) < 4.78 is 2.51. The fraction of sp³-hybridized carbons (Fsp3) is 0. The number of aromatic amines is 1. The van der Waals surface area contributed by atoms with E-state index in [1.54, 1.807) is 0 Å². The minimum atomic E-state index is 0.838. The molecule has 0 bridgehead atoms. The van der Waals surface area contributed by atoms with Gasteiger partial charge in [0.05, 0.1) is 11.7 Å². The standard InChI is InChI=1S/C33H20N4S/c1-2-10-21(20(9-1)23-13-7-14-24-22-11-3-5-16-28(22)35-32(23)24)27-19-34-37-36-33(27)26-15-8-18-30-31(26)25-12-4-6-17-29(25)38-30/h1-19,35H. The van der Waals surface area contributed by atoms with Crippen molar-refractivity contribution in [3.63, 3.8) is 0 Å². The first kappa shape index (κ1) is 21.2. The highest BCUT2D eigenvalue weighted by Gasteiger charge is 2.19. The van der Waals surface area contributed by atoms with Gasteiger partial charge in [-0.2, -0.15) is 0 Å². The van der Waals surface area contributed by atoms with Crippen LogP contribution >= 0.6 is 11.3 Å². The molecule has 0 saturated carbocycles. The Balaban J connectivity index is 1.40. The predicted octanol–water partition coefficient (Wildman–Crippen LogP) is 8.87. The molecular formula is C33H20N4S. The summed E-state index contributed by atoms with van der Waals surface area (Å²) >= 11 is 1.81. The van der Waals surface area contributed by atoms with Crippen molar-refractivity contribution < 1.29 is 0 Å². The summed E-state index contributed by atoms with van der Waals surface area (Å²) in [6, 6.07) is 38.5. The van der Waals surface area contributed by atoms with E-state index < -0.39 is 0 Å². The van der Waals surface area contributed by atoms with Crippen molar-refractivity contribution in [3.8, 4) is 33.5 Å². The molecule has 0 fully saturated rings. The third kappa shape index (κ3) is 3.12. The van der Waals surface area contributed by atoms with E-state index in [-0.39, 0.29) is 0 Å². The largest absolute Gasteiger partial charge is 0.354 e. The Morgan fingerprint density at radius 2 is 1.18 bits per heavy atom. The van der Waals surface area contributed by atoms with E-state index in [4.69, 9.17) is 0 Å². The Labute approximate surface area is 222 Å². The lowest BCUT2D eigenvalue weighted by atomic mass is 9.91. The van der Waals surface area contributed by atoms with Gasteiger partial charge < -0.3 is 4.98 Å². The smallest absolute Gasteiger partial charge is 0.105 e. The fourth-order valence-electron chi connectivity index (χ4n) is 5.69. The summed E-state index contributed by atoms with van der Waals surface area (Å²) in [6.45, 7) is 0. The van der Waals surface area contributed by atoms with E-state index in [0.717, 1.165) is 44.5 Å². The monoisotopic (exact) mass is 504 g/mol. The van der Waals surface area contributed by atoms with Crippen molar-refractivity contribution in [1.82, 2.24) is 20.4 Å². The second-order valence-corrected chi connectivity index (χ2v) is 10.5. The lowest BCUT2D eigenvalue weighted by Gasteiger charge is -2.14. The molecule has 0 unspecified atom stereocenters. The van der Waals surface area contributed by atoms with Crippen LogP contribution in [0.4, 0.5) is 0 Å². The average Bonchev–Trinajstić information content (AvgIpc) is 3.56. The minimum Gasteiger partial charge on any atom is -0.354 e. The fourth-order valence-corrected chi connectivity index (χ4v) is 6.82. The molecule has 0 radical (unpaired) electrons. The Bertz CT molecular complexity index is 2150. The van der Waals surface area contributed by atoms with E-state index >= 15 is 0 Å². The second-order valence-electron chi connectivity index (χ2n) is 9.42. The number of nitrogens with zero attached hydrogens (tertiary/aromatic N) is 3. The molecule has 4 nitrogen and oxygen atoms in total. The number of para-hydroxylation sites is 2. The molecule has 1 N–H and O–H groups in total. The summed E-state index contributed by atoms with van der Waals surface area (Å²) in [5.41, 5.74) is 8.49. The zero-order valence-corrected chi connectivity index (χ0v) is 21.0. The highest BCUT2D eigenvalue weighted by Crippen LogP contribution is 2.44. The first-order valence-electron chi connectivity index (χ1n) is 12.5. The van der Waals surface area contributed by atoms with E-state index in [1.807, 2.05) is 17.5 Å². The van der Waals surface area contributed by atoms with Gasteiger partial charge in [-0.1, -0.05) is 91.0 Å². The van der Waals surface area contributed by atoms with Gasteiger partial charge >= 0.3 is 0 Å². The molecule has 178 valence electrons. The molecule has 0 aliphatic heterocycles. The first-order valence-corrected chi connectivity index (χ1v) is 13.4. The van der Waals surface area contributed by atoms with Gasteiger partial charge in [-0.05, 0) is 34.5 Å². The molecule has 0 aliphatic rings. The molecule has 0 aliphatic carbocycles. The third-order valence-electron chi connectivity index (χ3n) is 7.34. The zero-order chi connectivity index (χ0) is 25.1. The third-order valence-corrected chi connectivity index (χ3v) is 8.48. The highest BCUT2D eigenvalue weighted by atomic mass is 32.1. The van der Waals surface area contributed by atoms with E-state index in [1.165, 1.54) is 30.9 Å². The molecule has 0 spiro atoms. The number of thiophene rings is 1. The Hall–Kier alpha value is -4.87. The SMILES string of the molecule is c1ccc(-c2cccc3c2[nH]c2ccccc23)c(-c2cnnnc2-c2cccc3sc4ccccc4c23)c1. The topological polar surface area (TPSA) is 54.5 Å². The summed E-state index contributed by atoms with van der Waals surface area (Å²) in [4.78, 5) is 3.67. The predicted molar refractivity (Wildman–Crippen MR) is 158 cm³/mol. The molecule has 8 aromatic rings. The van der Waals surface area contributed by atoms with Crippen LogP contribution in [-0.2, 0) is 0 Å². The number of benzene rings is 5. The van der Waals surface area contributed by atoms with Crippen LogP contribution in [0.1, 0.15) is 0 Å². The highest BCUT2D eigenvalue weighted by molar-refractivity contribution is 7.25. The van der Waals surface area contributed by atoms with Gasteiger partial charge in [0.2, 0.25) is 0 Å². The van der Waals surface area contributed by atoms with Crippen molar-refractivity contribution in [2.45, 2.75) is 0 Å². The van der Waals surface area contributed by atoms with Crippen LogP contribution in [0.25, 0.3) is 75.5 Å². The molecular weight excluding hydrogens is 484 g/mol. The lowest BCUT2D eigenvalue weighted by Crippen LogP contribution is -1.97. The molecule has 3 aromatic heterocycles. The molecule has 3 heterocycles. The maximum Gasteiger partial charge on any atom is 0.105 e. The quantitative estimate of drug-likeness (QED) is 0.261. The second kappa shape index (κ2) is 8.33. The maximum absolute atomic E-state index is 4.63. The number of fused-ring (bicyclic) bond motifs is 6. The van der Waals surface area contributed by atoms with Gasteiger partial charge in [0, 0.05) is 53.2 Å². The number of hydrogen-bond donors (Lipinski definition) is 1. The molecule has 5 aromatic carbocycles. The Morgan fingerprint density at radius 3 is 2.11 bits per heavy atom. The van der Waals surface area contributed by atoms with Crippen LogP contribution in [0.5, 0.6) is 0 Å². The van der Waals surface area contributed by atoms with Crippen LogP contribution in [0, 0.1) is 0 Å². The molecule has 0 atom stereocenters. The molecule has 0 amide bonds. The molecule has 0 saturated heterocycles. The van der Waals surface area contributed by atoms with Crippen molar-refractivity contribution in [2.75, 3.05) is 0 Å². The van der Waals surface area contributed by atoms with E-state index in [0.29, 0.717) is 0 Å². The first-order chi connectivity index (χ1) is 18.9. The summed E-state index contributed by atoms with van der Waals surface area (Å²) in [6.07, 6.45) is 1.85. The average molecular weight is 505 g/mol. The number of hydrogen-bond acceptors (Lipinski definition) is 4. The van der Waals surface area contributed by atoms with Crippen molar-refractivity contribution in [3.05, 3.63) is 115 Å². The van der Waals surface area contributed by atoms with Crippen molar-refractivity contribution in [1.29, 1.82) is 0 Å². The summed E-state index contributed by atoms with van der Waals surface area (Å²) in [7, 11) is 0. The van der Waals surface area contributed by atoms with E-state index in [2.05, 4.69) is 130 Å². The molecule has 38 heavy (non-hydrogen) atoms.